The summed E-state index contributed by atoms with van der Waals surface area (Å²) in [7, 11) is 2.19. The average molecular weight is 480 g/mol. The van der Waals surface area contributed by atoms with Crippen LogP contribution in [-0.2, 0) is 6.54 Å². The van der Waals surface area contributed by atoms with Crippen molar-refractivity contribution >= 4 is 41.5 Å². The van der Waals surface area contributed by atoms with Crippen molar-refractivity contribution in [3.8, 4) is 0 Å². The Kier molecular flexibility index (Phi) is 10.7. The van der Waals surface area contributed by atoms with Crippen LogP contribution in [-0.4, -0.2) is 68.1 Å². The molecule has 0 amide bonds. The average Bonchev–Trinajstić information content (AvgIpc) is 2.59. The van der Waals surface area contributed by atoms with Crippen molar-refractivity contribution in [2.45, 2.75) is 26.4 Å². The molecule has 25 heavy (non-hydrogen) atoms. The number of nitrogens with one attached hydrogen (secondary N) is 2. The maximum Gasteiger partial charge on any atom is 0.191 e. The Morgan fingerprint density at radius 1 is 1.16 bits per heavy atom. The van der Waals surface area contributed by atoms with Crippen molar-refractivity contribution in [3.05, 3.63) is 34.9 Å². The Bertz CT molecular complexity index is 515. The summed E-state index contributed by atoms with van der Waals surface area (Å²) >= 11 is 5.92. The predicted octanol–water partition coefficient (Wildman–Crippen LogP) is 2.65. The molecule has 1 aromatic carbocycles. The lowest BCUT2D eigenvalue weighted by Gasteiger charge is -2.36. The van der Waals surface area contributed by atoms with Crippen molar-refractivity contribution in [1.29, 1.82) is 0 Å². The molecule has 7 heteroatoms. The Morgan fingerprint density at radius 3 is 2.40 bits per heavy atom. The van der Waals surface area contributed by atoms with Gasteiger partial charge in [-0.15, -0.1) is 24.0 Å². The molecule has 2 N–H and O–H groups in total. The monoisotopic (exact) mass is 479 g/mol. The van der Waals surface area contributed by atoms with Gasteiger partial charge >= 0.3 is 0 Å². The second-order valence-electron chi connectivity index (χ2n) is 6.39. The molecule has 1 aromatic rings. The molecular weight excluding hydrogens is 449 g/mol. The van der Waals surface area contributed by atoms with Crippen LogP contribution in [0.15, 0.2) is 29.3 Å². The van der Waals surface area contributed by atoms with E-state index in [-0.39, 0.29) is 24.0 Å². The van der Waals surface area contributed by atoms with Crippen LogP contribution in [0.2, 0.25) is 5.02 Å². The molecule has 0 aromatic heterocycles. The summed E-state index contributed by atoms with van der Waals surface area (Å²) in [5, 5.41) is 7.54. The van der Waals surface area contributed by atoms with Gasteiger partial charge in [0, 0.05) is 50.3 Å². The highest BCUT2D eigenvalue weighted by Crippen LogP contribution is 2.10. The third-order valence-electron chi connectivity index (χ3n) is 4.40. The van der Waals surface area contributed by atoms with Crippen LogP contribution in [0.3, 0.4) is 0 Å². The lowest BCUT2D eigenvalue weighted by atomic mass is 10.2. The topological polar surface area (TPSA) is 42.9 Å². The minimum absolute atomic E-state index is 0. The number of hydrogen-bond acceptors (Lipinski definition) is 3. The number of likely N-dealkylation sites (N-methyl/N-ethyl adjacent to an activating group) is 1. The van der Waals surface area contributed by atoms with Crippen molar-refractivity contribution in [3.63, 3.8) is 0 Å². The summed E-state index contributed by atoms with van der Waals surface area (Å²) < 4.78 is 0. The lowest BCUT2D eigenvalue weighted by Crippen LogP contribution is -2.52. The summed E-state index contributed by atoms with van der Waals surface area (Å²) in [6.45, 7) is 11.3. The number of benzene rings is 1. The fourth-order valence-corrected chi connectivity index (χ4v) is 2.86. The van der Waals surface area contributed by atoms with Crippen molar-refractivity contribution in [2.75, 3.05) is 46.3 Å². The zero-order valence-corrected chi connectivity index (χ0v) is 18.6. The van der Waals surface area contributed by atoms with E-state index < -0.39 is 0 Å². The maximum absolute atomic E-state index is 5.92. The van der Waals surface area contributed by atoms with Gasteiger partial charge in [-0.1, -0.05) is 23.7 Å². The molecule has 0 saturated carbocycles. The zero-order valence-electron chi connectivity index (χ0n) is 15.5. The van der Waals surface area contributed by atoms with E-state index in [1.54, 1.807) is 0 Å². The molecular formula is C18H31ClIN5. The van der Waals surface area contributed by atoms with E-state index in [4.69, 9.17) is 11.6 Å². The molecule has 1 aliphatic heterocycles. The Labute approximate surface area is 174 Å². The largest absolute Gasteiger partial charge is 0.357 e. The number of piperazine rings is 1. The first-order valence-electron chi connectivity index (χ1n) is 8.77. The van der Waals surface area contributed by atoms with Crippen LogP contribution in [0.1, 0.15) is 19.4 Å². The summed E-state index contributed by atoms with van der Waals surface area (Å²) in [5.41, 5.74) is 1.16. The molecule has 142 valence electrons. The molecule has 1 fully saturated rings. The van der Waals surface area contributed by atoms with Gasteiger partial charge in [0.15, 0.2) is 5.96 Å². The highest BCUT2D eigenvalue weighted by molar-refractivity contribution is 14.0. The molecule has 0 radical (unpaired) electrons. The highest BCUT2D eigenvalue weighted by Gasteiger charge is 2.18. The molecule has 1 unspecified atom stereocenters. The van der Waals surface area contributed by atoms with E-state index in [1.165, 1.54) is 0 Å². The third-order valence-corrected chi connectivity index (χ3v) is 4.66. The summed E-state index contributed by atoms with van der Waals surface area (Å²) in [5.74, 6) is 0.869. The SMILES string of the molecule is CCNC(=NCc1ccc(Cl)cc1)NCC(C)N1CCN(C)CC1.I. The van der Waals surface area contributed by atoms with Gasteiger partial charge in [-0.3, -0.25) is 4.90 Å². The predicted molar refractivity (Wildman–Crippen MR) is 118 cm³/mol. The Balaban J connectivity index is 0.00000312. The molecule has 1 aliphatic rings. The molecule has 1 heterocycles. The zero-order chi connectivity index (χ0) is 17.4. The van der Waals surface area contributed by atoms with E-state index in [0.29, 0.717) is 12.6 Å². The molecule has 0 spiro atoms. The highest BCUT2D eigenvalue weighted by atomic mass is 127. The first-order chi connectivity index (χ1) is 11.6. The van der Waals surface area contributed by atoms with Gasteiger partial charge in [-0.25, -0.2) is 4.99 Å². The van der Waals surface area contributed by atoms with Gasteiger partial charge in [0.1, 0.15) is 0 Å². The fraction of sp³-hybridized carbons (Fsp3) is 0.611. The van der Waals surface area contributed by atoms with Gasteiger partial charge in [0.2, 0.25) is 0 Å². The lowest BCUT2D eigenvalue weighted by molar-refractivity contribution is 0.120. The van der Waals surface area contributed by atoms with Crippen molar-refractivity contribution in [2.24, 2.45) is 4.99 Å². The first-order valence-corrected chi connectivity index (χ1v) is 9.15. The number of guanidine groups is 1. The van der Waals surface area contributed by atoms with Gasteiger partial charge in [-0.2, -0.15) is 0 Å². The van der Waals surface area contributed by atoms with Crippen LogP contribution in [0, 0.1) is 0 Å². The van der Waals surface area contributed by atoms with Crippen LogP contribution in [0.25, 0.3) is 0 Å². The smallest absolute Gasteiger partial charge is 0.191 e. The Morgan fingerprint density at radius 2 is 1.80 bits per heavy atom. The number of rotatable bonds is 6. The van der Waals surface area contributed by atoms with E-state index in [0.717, 1.165) is 55.8 Å². The maximum atomic E-state index is 5.92. The summed E-state index contributed by atoms with van der Waals surface area (Å²) in [6, 6.07) is 8.34. The molecule has 0 aliphatic carbocycles. The Hall–Kier alpha value is -0.570. The van der Waals surface area contributed by atoms with Gasteiger partial charge < -0.3 is 15.5 Å². The fourth-order valence-electron chi connectivity index (χ4n) is 2.74. The number of aliphatic imine (C=N–C) groups is 1. The summed E-state index contributed by atoms with van der Waals surface area (Å²) in [6.07, 6.45) is 0. The van der Waals surface area contributed by atoms with Crippen molar-refractivity contribution in [1.82, 2.24) is 20.4 Å². The normalized spacial score (nSPS) is 17.7. The van der Waals surface area contributed by atoms with E-state index >= 15 is 0 Å². The summed E-state index contributed by atoms with van der Waals surface area (Å²) in [4.78, 5) is 9.59. The molecule has 1 saturated heterocycles. The van der Waals surface area contributed by atoms with Crippen LogP contribution in [0.5, 0.6) is 0 Å². The van der Waals surface area contributed by atoms with E-state index in [1.807, 2.05) is 24.3 Å². The van der Waals surface area contributed by atoms with E-state index in [2.05, 4.69) is 46.3 Å². The van der Waals surface area contributed by atoms with Crippen molar-refractivity contribution < 1.29 is 0 Å². The standard InChI is InChI=1S/C18H30ClN5.HI/c1-4-20-18(22-14-16-5-7-17(19)8-6-16)21-13-15(2)24-11-9-23(3)10-12-24;/h5-8,15H,4,9-14H2,1-3H3,(H2,20,21,22);1H. The number of nitrogens with zero attached hydrogens (tertiary/aromatic N) is 3. The minimum Gasteiger partial charge on any atom is -0.357 e. The minimum atomic E-state index is 0. The van der Waals surface area contributed by atoms with E-state index in [9.17, 15) is 0 Å². The second kappa shape index (κ2) is 11.9. The number of halogens is 2. The molecule has 1 atom stereocenters. The van der Waals surface area contributed by atoms with Crippen LogP contribution in [0.4, 0.5) is 0 Å². The van der Waals surface area contributed by atoms with Gasteiger partial charge in [0.05, 0.1) is 6.54 Å². The number of hydrogen-bond donors (Lipinski definition) is 2. The molecule has 5 nitrogen and oxygen atoms in total. The quantitative estimate of drug-likeness (QED) is 0.374. The third kappa shape index (κ3) is 8.11. The van der Waals surface area contributed by atoms with Gasteiger partial charge in [-0.05, 0) is 38.6 Å². The molecule has 0 bridgehead atoms. The van der Waals surface area contributed by atoms with Crippen LogP contribution < -0.4 is 10.6 Å². The first kappa shape index (κ1) is 22.5. The van der Waals surface area contributed by atoms with Crippen LogP contribution >= 0.6 is 35.6 Å². The van der Waals surface area contributed by atoms with Gasteiger partial charge in [0.25, 0.3) is 0 Å². The second-order valence-corrected chi connectivity index (χ2v) is 6.83. The molecule has 2 rings (SSSR count).